The van der Waals surface area contributed by atoms with Gasteiger partial charge in [-0.1, -0.05) is 24.3 Å². The molecule has 1 atom stereocenters. The highest BCUT2D eigenvalue weighted by Crippen LogP contribution is 2.30. The van der Waals surface area contributed by atoms with Gasteiger partial charge in [0, 0.05) is 18.5 Å². The summed E-state index contributed by atoms with van der Waals surface area (Å²) in [6.45, 7) is 7.41. The minimum Gasteiger partial charge on any atom is -0.466 e. The van der Waals surface area contributed by atoms with Crippen LogP contribution < -0.4 is 5.32 Å². The van der Waals surface area contributed by atoms with Crippen LogP contribution in [0, 0.1) is 11.6 Å². The Balaban J connectivity index is 2.26. The Labute approximate surface area is 175 Å². The number of carbonyl (C=O) groups is 2. The molecule has 0 saturated heterocycles. The first kappa shape index (κ1) is 23.3. The molecule has 5 nitrogen and oxygen atoms in total. The lowest BCUT2D eigenvalue weighted by atomic mass is 9.87. The van der Waals surface area contributed by atoms with Gasteiger partial charge in [-0.3, -0.25) is 4.79 Å². The molecule has 0 fully saturated rings. The summed E-state index contributed by atoms with van der Waals surface area (Å²) in [4.78, 5) is 24.0. The highest BCUT2D eigenvalue weighted by atomic mass is 19.1. The summed E-state index contributed by atoms with van der Waals surface area (Å²) in [7, 11) is 0. The molecular formula is C23H27F2NO4. The topological polar surface area (TPSA) is 64.6 Å². The maximum Gasteiger partial charge on any atom is 0.407 e. The number of carbonyl (C=O) groups excluding carboxylic acids is 2. The van der Waals surface area contributed by atoms with Crippen molar-refractivity contribution in [2.24, 2.45) is 0 Å². The van der Waals surface area contributed by atoms with Gasteiger partial charge in [-0.25, -0.2) is 13.6 Å². The summed E-state index contributed by atoms with van der Waals surface area (Å²) in [6.07, 6.45) is -0.622. The standard InChI is InChI=1S/C23H27F2NO4/c1-5-29-21(27)13-20(17-10-18(24)12-19(25)11-17)16-8-6-7-15(9-16)14-26-22(28)30-23(2,3)4/h6-12,20H,5,13-14H2,1-4H3,(H,26,28). The number of amides is 1. The Morgan fingerprint density at radius 3 is 2.30 bits per heavy atom. The second-order valence-electron chi connectivity index (χ2n) is 7.86. The fraction of sp³-hybridized carbons (Fsp3) is 0.391. The van der Waals surface area contributed by atoms with E-state index in [9.17, 15) is 18.4 Å². The van der Waals surface area contributed by atoms with E-state index in [0.29, 0.717) is 11.1 Å². The van der Waals surface area contributed by atoms with Gasteiger partial charge in [0.2, 0.25) is 0 Å². The van der Waals surface area contributed by atoms with E-state index >= 15 is 0 Å². The highest BCUT2D eigenvalue weighted by molar-refractivity contribution is 5.71. The van der Waals surface area contributed by atoms with Crippen LogP contribution in [0.1, 0.15) is 56.7 Å². The summed E-state index contributed by atoms with van der Waals surface area (Å²) in [5.41, 5.74) is 1.15. The van der Waals surface area contributed by atoms with Crippen LogP contribution in [-0.2, 0) is 20.8 Å². The molecule has 30 heavy (non-hydrogen) atoms. The number of alkyl carbamates (subject to hydrolysis) is 1. The van der Waals surface area contributed by atoms with Crippen LogP contribution in [0.15, 0.2) is 42.5 Å². The van der Waals surface area contributed by atoms with Gasteiger partial charge in [0.25, 0.3) is 0 Å². The third-order valence-electron chi connectivity index (χ3n) is 4.15. The number of hydrogen-bond donors (Lipinski definition) is 1. The van der Waals surface area contributed by atoms with Gasteiger partial charge in [-0.15, -0.1) is 0 Å². The fourth-order valence-electron chi connectivity index (χ4n) is 3.00. The van der Waals surface area contributed by atoms with Crippen LogP contribution in [0.5, 0.6) is 0 Å². The molecule has 0 aliphatic rings. The smallest absolute Gasteiger partial charge is 0.407 e. The number of rotatable bonds is 7. The first-order valence-electron chi connectivity index (χ1n) is 9.74. The Bertz CT molecular complexity index is 873. The first-order chi connectivity index (χ1) is 14.1. The van der Waals surface area contributed by atoms with Gasteiger partial charge in [0.15, 0.2) is 0 Å². The van der Waals surface area contributed by atoms with E-state index in [-0.39, 0.29) is 19.6 Å². The molecule has 2 aromatic rings. The minimum atomic E-state index is -0.721. The van der Waals surface area contributed by atoms with Crippen LogP contribution in [0.4, 0.5) is 13.6 Å². The summed E-state index contributed by atoms with van der Waals surface area (Å²) < 4.78 is 37.8. The van der Waals surface area contributed by atoms with Gasteiger partial charge in [-0.05, 0) is 56.5 Å². The van der Waals surface area contributed by atoms with E-state index in [0.717, 1.165) is 11.6 Å². The summed E-state index contributed by atoms with van der Waals surface area (Å²) in [6, 6.07) is 10.3. The highest BCUT2D eigenvalue weighted by Gasteiger charge is 2.21. The van der Waals surface area contributed by atoms with Crippen LogP contribution in [0.25, 0.3) is 0 Å². The molecule has 0 bridgehead atoms. The molecule has 162 valence electrons. The van der Waals surface area contributed by atoms with Crippen molar-refractivity contribution >= 4 is 12.1 Å². The van der Waals surface area contributed by atoms with E-state index in [4.69, 9.17) is 9.47 Å². The molecule has 2 aromatic carbocycles. The largest absolute Gasteiger partial charge is 0.466 e. The predicted molar refractivity (Wildman–Crippen MR) is 109 cm³/mol. The zero-order valence-electron chi connectivity index (χ0n) is 17.6. The lowest BCUT2D eigenvalue weighted by Gasteiger charge is -2.20. The maximum atomic E-state index is 13.8. The minimum absolute atomic E-state index is 0.0698. The molecule has 0 heterocycles. The maximum absolute atomic E-state index is 13.8. The van der Waals surface area contributed by atoms with Crippen molar-refractivity contribution in [1.82, 2.24) is 5.32 Å². The van der Waals surface area contributed by atoms with Crippen molar-refractivity contribution in [3.63, 3.8) is 0 Å². The van der Waals surface area contributed by atoms with Crippen LogP contribution >= 0.6 is 0 Å². The van der Waals surface area contributed by atoms with Crippen molar-refractivity contribution < 1.29 is 27.8 Å². The second kappa shape index (κ2) is 10.2. The molecule has 0 radical (unpaired) electrons. The average molecular weight is 419 g/mol. The Hall–Kier alpha value is -2.96. The van der Waals surface area contributed by atoms with Crippen LogP contribution in [-0.4, -0.2) is 24.3 Å². The molecule has 1 amide bonds. The van der Waals surface area contributed by atoms with Crippen molar-refractivity contribution in [2.45, 2.75) is 52.2 Å². The monoisotopic (exact) mass is 419 g/mol. The number of esters is 1. The molecule has 0 spiro atoms. The summed E-state index contributed by atoms with van der Waals surface area (Å²) in [5.74, 6) is -2.51. The number of ether oxygens (including phenoxy) is 2. The molecule has 0 aliphatic carbocycles. The molecule has 1 unspecified atom stereocenters. The van der Waals surface area contributed by atoms with E-state index in [1.807, 2.05) is 0 Å². The van der Waals surface area contributed by atoms with Crippen molar-refractivity contribution in [2.75, 3.05) is 6.61 Å². The molecule has 0 saturated carbocycles. The zero-order chi connectivity index (χ0) is 22.3. The van der Waals surface area contributed by atoms with Gasteiger partial charge in [0.05, 0.1) is 13.0 Å². The summed E-state index contributed by atoms with van der Waals surface area (Å²) in [5, 5.41) is 2.67. The van der Waals surface area contributed by atoms with Gasteiger partial charge in [-0.2, -0.15) is 0 Å². The van der Waals surface area contributed by atoms with E-state index in [1.165, 1.54) is 12.1 Å². The van der Waals surface area contributed by atoms with Crippen LogP contribution in [0.2, 0.25) is 0 Å². The lowest BCUT2D eigenvalue weighted by Crippen LogP contribution is -2.32. The number of halogens is 2. The van der Waals surface area contributed by atoms with Crippen LogP contribution in [0.3, 0.4) is 0 Å². The van der Waals surface area contributed by atoms with E-state index in [1.54, 1.807) is 52.0 Å². The third-order valence-corrected chi connectivity index (χ3v) is 4.15. The van der Waals surface area contributed by atoms with Gasteiger partial charge >= 0.3 is 12.1 Å². The Morgan fingerprint density at radius 1 is 1.03 bits per heavy atom. The van der Waals surface area contributed by atoms with Crippen molar-refractivity contribution in [3.05, 3.63) is 70.8 Å². The zero-order valence-corrected chi connectivity index (χ0v) is 17.6. The van der Waals surface area contributed by atoms with Crippen molar-refractivity contribution in [1.29, 1.82) is 0 Å². The molecule has 7 heteroatoms. The average Bonchev–Trinajstić information content (AvgIpc) is 2.63. The number of nitrogens with one attached hydrogen (secondary N) is 1. The SMILES string of the molecule is CCOC(=O)CC(c1cc(F)cc(F)c1)c1cccc(CNC(=O)OC(C)(C)C)c1. The second-order valence-corrected chi connectivity index (χ2v) is 7.86. The molecule has 1 N–H and O–H groups in total. The molecule has 2 rings (SSSR count). The predicted octanol–water partition coefficient (Wildman–Crippen LogP) is 5.07. The van der Waals surface area contributed by atoms with Gasteiger partial charge in [0.1, 0.15) is 17.2 Å². The Morgan fingerprint density at radius 2 is 1.70 bits per heavy atom. The van der Waals surface area contributed by atoms with Crippen molar-refractivity contribution in [3.8, 4) is 0 Å². The Kier molecular flexibility index (Phi) is 7.92. The molecular weight excluding hydrogens is 392 g/mol. The molecule has 0 aromatic heterocycles. The quantitative estimate of drug-likeness (QED) is 0.636. The number of benzene rings is 2. The third kappa shape index (κ3) is 7.46. The fourth-order valence-corrected chi connectivity index (χ4v) is 3.00. The normalized spacial score (nSPS) is 12.2. The lowest BCUT2D eigenvalue weighted by molar-refractivity contribution is -0.143. The first-order valence-corrected chi connectivity index (χ1v) is 9.74. The molecule has 0 aliphatic heterocycles. The van der Waals surface area contributed by atoms with Gasteiger partial charge < -0.3 is 14.8 Å². The van der Waals surface area contributed by atoms with E-state index in [2.05, 4.69) is 5.32 Å². The summed E-state index contributed by atoms with van der Waals surface area (Å²) >= 11 is 0. The van der Waals surface area contributed by atoms with E-state index < -0.39 is 35.2 Å². The number of hydrogen-bond acceptors (Lipinski definition) is 4.